The highest BCUT2D eigenvalue weighted by atomic mass is 35.5. The van der Waals surface area contributed by atoms with Crippen molar-refractivity contribution < 1.29 is 4.79 Å². The molecule has 2 aliphatic rings. The van der Waals surface area contributed by atoms with Crippen molar-refractivity contribution in [1.29, 1.82) is 0 Å². The van der Waals surface area contributed by atoms with Gasteiger partial charge in [0.1, 0.15) is 0 Å². The minimum absolute atomic E-state index is 0.0760. The number of halogens is 2. The minimum atomic E-state index is -0.761. The van der Waals surface area contributed by atoms with E-state index in [1.54, 1.807) is 18.2 Å². The van der Waals surface area contributed by atoms with E-state index in [0.717, 1.165) is 35.3 Å². The lowest BCUT2D eigenvalue weighted by molar-refractivity contribution is -0.125. The Morgan fingerprint density at radius 1 is 0.931 bits per heavy atom. The first kappa shape index (κ1) is 18.8. The molecule has 5 rings (SSSR count). The summed E-state index contributed by atoms with van der Waals surface area (Å²) in [5.41, 5.74) is 2.71. The normalized spacial score (nSPS) is 26.5. The maximum Gasteiger partial charge on any atom is 0.237 e. The van der Waals surface area contributed by atoms with Crippen LogP contribution in [-0.4, -0.2) is 15.9 Å². The molecule has 1 fully saturated rings. The van der Waals surface area contributed by atoms with Crippen LogP contribution in [0.4, 0.5) is 5.69 Å². The van der Waals surface area contributed by atoms with E-state index in [1.165, 1.54) is 0 Å². The van der Waals surface area contributed by atoms with Crippen molar-refractivity contribution in [2.75, 3.05) is 5.32 Å². The van der Waals surface area contributed by atoms with Gasteiger partial charge in [-0.15, -0.1) is 0 Å². The molecular formula is C23H21Cl2N3O. The van der Waals surface area contributed by atoms with E-state index in [9.17, 15) is 4.79 Å². The van der Waals surface area contributed by atoms with E-state index in [-0.39, 0.29) is 16.7 Å². The number of rotatable bonds is 2. The van der Waals surface area contributed by atoms with Crippen molar-refractivity contribution >= 4 is 45.8 Å². The molecule has 29 heavy (non-hydrogen) atoms. The van der Waals surface area contributed by atoms with Crippen LogP contribution in [0, 0.1) is 5.41 Å². The van der Waals surface area contributed by atoms with Crippen molar-refractivity contribution in [3.05, 3.63) is 63.9 Å². The Morgan fingerprint density at radius 2 is 1.52 bits per heavy atom. The standard InChI is InChI=1S/C23H21Cl2N3O/c1-21(2)22(3)8-9-23(21,20(29)26-15-11-13(24)10-14(25)12-15)19-18(22)27-16-6-4-5-7-17(16)28-19/h4-7,10-12H,8-9H2,1-3H3,(H,26,29). The number of para-hydroxylation sites is 2. The highest BCUT2D eigenvalue weighted by Crippen LogP contribution is 2.70. The summed E-state index contributed by atoms with van der Waals surface area (Å²) in [7, 11) is 0. The highest BCUT2D eigenvalue weighted by molar-refractivity contribution is 6.35. The van der Waals surface area contributed by atoms with Crippen LogP contribution >= 0.6 is 23.2 Å². The zero-order valence-electron chi connectivity index (χ0n) is 16.5. The molecule has 6 heteroatoms. The molecule has 2 atom stereocenters. The Bertz CT molecular complexity index is 1170. The summed E-state index contributed by atoms with van der Waals surface area (Å²) in [5, 5.41) is 4.04. The average molecular weight is 426 g/mol. The van der Waals surface area contributed by atoms with Crippen molar-refractivity contribution in [2.45, 2.75) is 44.4 Å². The van der Waals surface area contributed by atoms with Crippen LogP contribution in [-0.2, 0) is 15.6 Å². The lowest BCUT2D eigenvalue weighted by Gasteiger charge is -2.39. The quantitative estimate of drug-likeness (QED) is 0.555. The van der Waals surface area contributed by atoms with Gasteiger partial charge in [0.25, 0.3) is 0 Å². The van der Waals surface area contributed by atoms with E-state index < -0.39 is 5.41 Å². The molecule has 1 heterocycles. The first-order valence-corrected chi connectivity index (χ1v) is 10.5. The lowest BCUT2D eigenvalue weighted by Crippen LogP contribution is -2.48. The van der Waals surface area contributed by atoms with Gasteiger partial charge in [0, 0.05) is 21.1 Å². The van der Waals surface area contributed by atoms with Gasteiger partial charge >= 0.3 is 0 Å². The predicted octanol–water partition coefficient (Wildman–Crippen LogP) is 5.90. The average Bonchev–Trinajstić information content (AvgIpc) is 2.95. The Labute approximate surface area is 179 Å². The van der Waals surface area contributed by atoms with Gasteiger partial charge in [0.15, 0.2) is 0 Å². The molecule has 148 valence electrons. The first-order valence-electron chi connectivity index (χ1n) is 9.74. The van der Waals surface area contributed by atoms with Crippen molar-refractivity contribution in [3.8, 4) is 0 Å². The fourth-order valence-electron chi connectivity index (χ4n) is 5.41. The number of hydrogen-bond acceptors (Lipinski definition) is 3. The third kappa shape index (κ3) is 2.30. The van der Waals surface area contributed by atoms with Crippen LogP contribution in [0.15, 0.2) is 42.5 Å². The number of anilines is 1. The number of fused-ring (bicyclic) bond motifs is 6. The molecule has 2 aromatic carbocycles. The molecule has 0 spiro atoms. The smallest absolute Gasteiger partial charge is 0.237 e. The Balaban J connectivity index is 1.69. The van der Waals surface area contributed by atoms with Gasteiger partial charge < -0.3 is 5.32 Å². The van der Waals surface area contributed by atoms with E-state index in [0.29, 0.717) is 15.7 Å². The molecule has 1 amide bonds. The molecular weight excluding hydrogens is 405 g/mol. The van der Waals surface area contributed by atoms with Gasteiger partial charge in [0.05, 0.1) is 27.8 Å². The van der Waals surface area contributed by atoms with Crippen molar-refractivity contribution in [1.82, 2.24) is 9.97 Å². The molecule has 4 nitrogen and oxygen atoms in total. The SMILES string of the molecule is CC12CCC(C(=O)Nc3cc(Cl)cc(Cl)c3)(c3nc4ccccc4nc31)C2(C)C. The van der Waals surface area contributed by atoms with Gasteiger partial charge in [-0.25, -0.2) is 9.97 Å². The highest BCUT2D eigenvalue weighted by Gasteiger charge is 2.73. The summed E-state index contributed by atoms with van der Waals surface area (Å²) in [5.74, 6) is -0.0760. The molecule has 2 unspecified atom stereocenters. The second-order valence-electron chi connectivity index (χ2n) is 8.88. The summed E-state index contributed by atoms with van der Waals surface area (Å²) in [6.45, 7) is 6.55. The second-order valence-corrected chi connectivity index (χ2v) is 9.76. The summed E-state index contributed by atoms with van der Waals surface area (Å²) in [4.78, 5) is 23.8. The van der Waals surface area contributed by atoms with E-state index in [2.05, 4.69) is 26.1 Å². The fourth-order valence-corrected chi connectivity index (χ4v) is 5.94. The molecule has 0 saturated heterocycles. The second kappa shape index (κ2) is 5.93. The number of hydrogen-bond donors (Lipinski definition) is 1. The van der Waals surface area contributed by atoms with Gasteiger partial charge in [-0.2, -0.15) is 0 Å². The zero-order valence-corrected chi connectivity index (χ0v) is 18.0. The molecule has 3 aromatic rings. The van der Waals surface area contributed by atoms with E-state index in [1.807, 2.05) is 24.3 Å². The van der Waals surface area contributed by atoms with Crippen molar-refractivity contribution in [3.63, 3.8) is 0 Å². The van der Waals surface area contributed by atoms with Crippen LogP contribution in [0.3, 0.4) is 0 Å². The summed E-state index contributed by atoms with van der Waals surface area (Å²) < 4.78 is 0. The third-order valence-corrected chi connectivity index (χ3v) is 7.89. The van der Waals surface area contributed by atoms with Crippen molar-refractivity contribution in [2.24, 2.45) is 5.41 Å². The summed E-state index contributed by atoms with van der Waals surface area (Å²) in [6.07, 6.45) is 1.63. The first-order chi connectivity index (χ1) is 13.7. The summed E-state index contributed by atoms with van der Waals surface area (Å²) >= 11 is 12.3. The summed E-state index contributed by atoms with van der Waals surface area (Å²) in [6, 6.07) is 12.9. The molecule has 1 aromatic heterocycles. The Hall–Kier alpha value is -2.17. The predicted molar refractivity (Wildman–Crippen MR) is 117 cm³/mol. The van der Waals surface area contributed by atoms with Gasteiger partial charge in [-0.05, 0) is 48.6 Å². The van der Waals surface area contributed by atoms with E-state index in [4.69, 9.17) is 33.2 Å². The third-order valence-electron chi connectivity index (χ3n) is 7.45. The monoisotopic (exact) mass is 425 g/mol. The van der Waals surface area contributed by atoms with Crippen LogP contribution in [0.2, 0.25) is 10.0 Å². The zero-order chi connectivity index (χ0) is 20.6. The topological polar surface area (TPSA) is 54.9 Å². The number of benzene rings is 2. The molecule has 1 saturated carbocycles. The van der Waals surface area contributed by atoms with Gasteiger partial charge in [-0.3, -0.25) is 4.79 Å². The molecule has 1 N–H and O–H groups in total. The molecule has 2 bridgehead atoms. The number of carbonyl (C=O) groups is 1. The number of amides is 1. The van der Waals surface area contributed by atoms with Gasteiger partial charge in [0.2, 0.25) is 5.91 Å². The van der Waals surface area contributed by atoms with Crippen LogP contribution in [0.1, 0.15) is 45.0 Å². The van der Waals surface area contributed by atoms with Crippen LogP contribution in [0.5, 0.6) is 0 Å². The molecule has 0 aliphatic heterocycles. The largest absolute Gasteiger partial charge is 0.325 e. The van der Waals surface area contributed by atoms with Crippen LogP contribution in [0.25, 0.3) is 11.0 Å². The molecule has 0 radical (unpaired) electrons. The molecule has 2 aliphatic carbocycles. The Kier molecular flexibility index (Phi) is 3.85. The maximum atomic E-state index is 13.8. The Morgan fingerprint density at radius 3 is 2.14 bits per heavy atom. The van der Waals surface area contributed by atoms with E-state index >= 15 is 0 Å². The minimum Gasteiger partial charge on any atom is -0.325 e. The number of carbonyl (C=O) groups excluding carboxylic acids is 1. The number of nitrogens with one attached hydrogen (secondary N) is 1. The van der Waals surface area contributed by atoms with Crippen LogP contribution < -0.4 is 5.32 Å². The maximum absolute atomic E-state index is 13.8. The fraction of sp³-hybridized carbons (Fsp3) is 0.348. The number of nitrogens with zero attached hydrogens (tertiary/aromatic N) is 2. The number of aromatic nitrogens is 2. The lowest BCUT2D eigenvalue weighted by atomic mass is 9.63. The van der Waals surface area contributed by atoms with Gasteiger partial charge in [-0.1, -0.05) is 56.1 Å².